The van der Waals surface area contributed by atoms with Gasteiger partial charge in [0.2, 0.25) is 0 Å². The number of aryl methyl sites for hydroxylation is 1. The zero-order chi connectivity index (χ0) is 13.4. The minimum absolute atomic E-state index is 0.756. The number of ether oxygens (including phenoxy) is 1. The molecule has 1 aromatic rings. The molecule has 0 unspecified atom stereocenters. The SMILES string of the molecule is CCN(CC)c1ccc(C)cc1CNCCOC. The Hall–Kier alpha value is -1.06. The lowest BCUT2D eigenvalue weighted by molar-refractivity contribution is 0.199. The molecular formula is C15H26N2O. The van der Waals surface area contributed by atoms with Gasteiger partial charge in [-0.2, -0.15) is 0 Å². The molecule has 1 rings (SSSR count). The minimum atomic E-state index is 0.756. The van der Waals surface area contributed by atoms with Crippen molar-refractivity contribution in [1.29, 1.82) is 0 Å². The quantitative estimate of drug-likeness (QED) is 0.718. The maximum absolute atomic E-state index is 5.05. The molecule has 0 saturated carbocycles. The van der Waals surface area contributed by atoms with Crippen LogP contribution in [0.1, 0.15) is 25.0 Å². The Kier molecular flexibility index (Phi) is 6.76. The average Bonchev–Trinajstić information content (AvgIpc) is 2.38. The van der Waals surface area contributed by atoms with Crippen molar-refractivity contribution in [2.24, 2.45) is 0 Å². The minimum Gasteiger partial charge on any atom is -0.383 e. The van der Waals surface area contributed by atoms with E-state index in [0.717, 1.165) is 32.8 Å². The fourth-order valence-corrected chi connectivity index (χ4v) is 2.13. The summed E-state index contributed by atoms with van der Waals surface area (Å²) < 4.78 is 5.05. The summed E-state index contributed by atoms with van der Waals surface area (Å²) in [6, 6.07) is 6.69. The molecule has 0 aliphatic rings. The van der Waals surface area contributed by atoms with Gasteiger partial charge >= 0.3 is 0 Å². The normalized spacial score (nSPS) is 10.7. The maximum Gasteiger partial charge on any atom is 0.0587 e. The molecule has 0 aliphatic carbocycles. The molecule has 0 fully saturated rings. The Bertz CT molecular complexity index is 348. The largest absolute Gasteiger partial charge is 0.383 e. The summed E-state index contributed by atoms with van der Waals surface area (Å²) in [7, 11) is 1.73. The van der Waals surface area contributed by atoms with Crippen LogP contribution in [0.25, 0.3) is 0 Å². The summed E-state index contributed by atoms with van der Waals surface area (Å²) in [5.74, 6) is 0. The number of benzene rings is 1. The number of nitrogens with one attached hydrogen (secondary N) is 1. The van der Waals surface area contributed by atoms with Crippen LogP contribution in [-0.2, 0) is 11.3 Å². The Morgan fingerprint density at radius 2 is 1.94 bits per heavy atom. The molecule has 0 saturated heterocycles. The first kappa shape index (κ1) is 15.0. The van der Waals surface area contributed by atoms with E-state index in [4.69, 9.17) is 4.74 Å². The molecule has 0 aromatic heterocycles. The van der Waals surface area contributed by atoms with E-state index < -0.39 is 0 Å². The number of nitrogens with zero attached hydrogens (tertiary/aromatic N) is 1. The number of methoxy groups -OCH3 is 1. The second-order valence-electron chi connectivity index (χ2n) is 4.47. The molecule has 3 nitrogen and oxygen atoms in total. The van der Waals surface area contributed by atoms with E-state index in [1.807, 2.05) is 0 Å². The summed E-state index contributed by atoms with van der Waals surface area (Å²) in [6.45, 7) is 11.2. The van der Waals surface area contributed by atoms with Crippen molar-refractivity contribution in [3.63, 3.8) is 0 Å². The lowest BCUT2D eigenvalue weighted by atomic mass is 10.1. The van der Waals surface area contributed by atoms with Gasteiger partial charge in [-0.25, -0.2) is 0 Å². The second kappa shape index (κ2) is 8.11. The van der Waals surface area contributed by atoms with Crippen molar-refractivity contribution < 1.29 is 4.74 Å². The van der Waals surface area contributed by atoms with E-state index in [2.05, 4.69) is 49.2 Å². The van der Waals surface area contributed by atoms with Gasteiger partial charge in [-0.05, 0) is 32.4 Å². The number of hydrogen-bond donors (Lipinski definition) is 1. The molecule has 0 spiro atoms. The highest BCUT2D eigenvalue weighted by atomic mass is 16.5. The molecule has 0 aliphatic heterocycles. The van der Waals surface area contributed by atoms with Gasteiger partial charge in [0.15, 0.2) is 0 Å². The zero-order valence-corrected chi connectivity index (χ0v) is 12.1. The topological polar surface area (TPSA) is 24.5 Å². The molecule has 1 N–H and O–H groups in total. The van der Waals surface area contributed by atoms with Crippen molar-refractivity contribution >= 4 is 5.69 Å². The van der Waals surface area contributed by atoms with Gasteiger partial charge in [0.05, 0.1) is 6.61 Å². The molecular weight excluding hydrogens is 224 g/mol. The van der Waals surface area contributed by atoms with Crippen molar-refractivity contribution in [3.05, 3.63) is 29.3 Å². The third-order valence-electron chi connectivity index (χ3n) is 3.14. The van der Waals surface area contributed by atoms with Gasteiger partial charge < -0.3 is 15.0 Å². The molecule has 0 heterocycles. The molecule has 3 heteroatoms. The fourth-order valence-electron chi connectivity index (χ4n) is 2.13. The monoisotopic (exact) mass is 250 g/mol. The molecule has 18 heavy (non-hydrogen) atoms. The molecule has 1 aromatic carbocycles. The van der Waals surface area contributed by atoms with E-state index in [1.165, 1.54) is 16.8 Å². The number of rotatable bonds is 8. The Morgan fingerprint density at radius 1 is 1.22 bits per heavy atom. The van der Waals surface area contributed by atoms with Crippen LogP contribution < -0.4 is 10.2 Å². The first-order valence-electron chi connectivity index (χ1n) is 6.77. The fraction of sp³-hybridized carbons (Fsp3) is 0.600. The Morgan fingerprint density at radius 3 is 2.56 bits per heavy atom. The number of hydrogen-bond acceptors (Lipinski definition) is 3. The van der Waals surface area contributed by atoms with Crippen molar-refractivity contribution in [2.75, 3.05) is 38.3 Å². The van der Waals surface area contributed by atoms with Crippen LogP contribution in [-0.4, -0.2) is 33.4 Å². The smallest absolute Gasteiger partial charge is 0.0587 e. The average molecular weight is 250 g/mol. The lowest BCUT2D eigenvalue weighted by Gasteiger charge is -2.24. The van der Waals surface area contributed by atoms with Gasteiger partial charge in [-0.3, -0.25) is 0 Å². The first-order chi connectivity index (χ1) is 8.72. The van der Waals surface area contributed by atoms with Crippen molar-refractivity contribution in [1.82, 2.24) is 5.32 Å². The summed E-state index contributed by atoms with van der Waals surface area (Å²) in [4.78, 5) is 2.40. The zero-order valence-electron chi connectivity index (χ0n) is 12.1. The molecule has 102 valence electrons. The van der Waals surface area contributed by atoms with E-state index >= 15 is 0 Å². The van der Waals surface area contributed by atoms with E-state index in [-0.39, 0.29) is 0 Å². The van der Waals surface area contributed by atoms with E-state index in [0.29, 0.717) is 0 Å². The van der Waals surface area contributed by atoms with E-state index in [9.17, 15) is 0 Å². The van der Waals surface area contributed by atoms with Crippen LogP contribution in [0.5, 0.6) is 0 Å². The maximum atomic E-state index is 5.05. The van der Waals surface area contributed by atoms with Crippen LogP contribution >= 0.6 is 0 Å². The van der Waals surface area contributed by atoms with Crippen LogP contribution in [0.2, 0.25) is 0 Å². The van der Waals surface area contributed by atoms with Gasteiger partial charge in [0.1, 0.15) is 0 Å². The molecule has 0 atom stereocenters. The third kappa shape index (κ3) is 4.31. The Labute approximate surface area is 111 Å². The molecule has 0 bridgehead atoms. The van der Waals surface area contributed by atoms with Crippen molar-refractivity contribution in [3.8, 4) is 0 Å². The summed E-state index contributed by atoms with van der Waals surface area (Å²) in [6.07, 6.45) is 0. The number of anilines is 1. The summed E-state index contributed by atoms with van der Waals surface area (Å²) >= 11 is 0. The highest BCUT2D eigenvalue weighted by Crippen LogP contribution is 2.21. The van der Waals surface area contributed by atoms with Gasteiger partial charge in [-0.15, -0.1) is 0 Å². The Balaban J connectivity index is 2.76. The molecule has 0 radical (unpaired) electrons. The summed E-state index contributed by atoms with van der Waals surface area (Å²) in [5, 5.41) is 3.42. The van der Waals surface area contributed by atoms with Crippen LogP contribution in [0.4, 0.5) is 5.69 Å². The third-order valence-corrected chi connectivity index (χ3v) is 3.14. The molecule has 0 amide bonds. The first-order valence-corrected chi connectivity index (χ1v) is 6.77. The summed E-state index contributed by atoms with van der Waals surface area (Å²) in [5.41, 5.74) is 4.03. The van der Waals surface area contributed by atoms with Gasteiger partial charge in [0, 0.05) is 39.0 Å². The second-order valence-corrected chi connectivity index (χ2v) is 4.47. The van der Waals surface area contributed by atoms with E-state index in [1.54, 1.807) is 7.11 Å². The van der Waals surface area contributed by atoms with Gasteiger partial charge in [-0.1, -0.05) is 17.7 Å². The predicted octanol–water partition coefficient (Wildman–Crippen LogP) is 2.58. The van der Waals surface area contributed by atoms with Crippen LogP contribution in [0.15, 0.2) is 18.2 Å². The van der Waals surface area contributed by atoms with Crippen LogP contribution in [0.3, 0.4) is 0 Å². The predicted molar refractivity (Wildman–Crippen MR) is 78.3 cm³/mol. The van der Waals surface area contributed by atoms with Crippen molar-refractivity contribution in [2.45, 2.75) is 27.3 Å². The standard InChI is InChI=1S/C15H26N2O/c1-5-17(6-2)15-8-7-13(3)11-14(15)12-16-9-10-18-4/h7-8,11,16H,5-6,9-10,12H2,1-4H3. The highest BCUT2D eigenvalue weighted by molar-refractivity contribution is 5.54. The van der Waals surface area contributed by atoms with Gasteiger partial charge in [0.25, 0.3) is 0 Å². The highest BCUT2D eigenvalue weighted by Gasteiger charge is 2.08. The lowest BCUT2D eigenvalue weighted by Crippen LogP contribution is -2.25. The van der Waals surface area contributed by atoms with Crippen LogP contribution in [0, 0.1) is 6.92 Å².